The van der Waals surface area contributed by atoms with Crippen LogP contribution in [-0.4, -0.2) is 117 Å². The number of aliphatic hydroxyl groups is 1. The fourth-order valence-electron chi connectivity index (χ4n) is 11.0. The monoisotopic (exact) mass is 716 g/mol. The summed E-state index contributed by atoms with van der Waals surface area (Å²) in [5.74, 6) is -8.28. The molecule has 1 aromatic rings. The summed E-state index contributed by atoms with van der Waals surface area (Å²) in [7, 11) is 5.57. The number of rotatable bonds is 11. The van der Waals surface area contributed by atoms with Crippen molar-refractivity contribution in [2.75, 3.05) is 35.0 Å². The standard InChI is InChI=1S/C36H44O15/c1-17(38)48-24-12-23(41)36(43)26-22-13-34(50-18(2)39)25(46-6)14-35(51-19(3)40,28(26)29(47-7)30(36)33(24,15-37)16-44-4)27(22)31(34)49-32(42)20-8-10-21(45-5)11-9-20/h8-11,15,22,24-31,43H,12-14,16H2,1-7H3/t22?,24-,25+,26+,27?,28-,29+,30?,31-,33+,34+,35-,36?/m1/s1. The van der Waals surface area contributed by atoms with E-state index in [1.807, 2.05) is 0 Å². The Morgan fingerprint density at radius 1 is 0.824 bits per heavy atom. The molecule has 278 valence electrons. The molecule has 5 aliphatic rings. The summed E-state index contributed by atoms with van der Waals surface area (Å²) in [4.78, 5) is 79.9. The molecule has 0 aromatic heterocycles. The van der Waals surface area contributed by atoms with Crippen molar-refractivity contribution in [2.45, 2.75) is 81.3 Å². The Hall–Kier alpha value is -3.92. The van der Waals surface area contributed by atoms with Gasteiger partial charge in [0.15, 0.2) is 17.5 Å². The molecular weight excluding hydrogens is 672 g/mol. The van der Waals surface area contributed by atoms with E-state index in [9.17, 15) is 33.9 Å². The van der Waals surface area contributed by atoms with Gasteiger partial charge in [-0.15, -0.1) is 0 Å². The average Bonchev–Trinajstić information content (AvgIpc) is 3.61. The highest BCUT2D eigenvalue weighted by Gasteiger charge is 2.88. The highest BCUT2D eigenvalue weighted by Crippen LogP contribution is 2.76. The molecule has 1 N–H and O–H groups in total. The summed E-state index contributed by atoms with van der Waals surface area (Å²) >= 11 is 0. The Kier molecular flexibility index (Phi) is 9.35. The minimum Gasteiger partial charge on any atom is -0.497 e. The van der Waals surface area contributed by atoms with Gasteiger partial charge in [0, 0.05) is 78.6 Å². The highest BCUT2D eigenvalue weighted by atomic mass is 16.6. The van der Waals surface area contributed by atoms with Crippen LogP contribution in [0, 0.1) is 35.0 Å². The molecule has 0 aliphatic heterocycles. The molecule has 13 atom stereocenters. The number of hydrogen-bond acceptors (Lipinski definition) is 15. The number of hydrogen-bond donors (Lipinski definition) is 1. The van der Waals surface area contributed by atoms with E-state index >= 15 is 0 Å². The first-order valence-electron chi connectivity index (χ1n) is 16.8. The van der Waals surface area contributed by atoms with Crippen molar-refractivity contribution in [3.05, 3.63) is 29.8 Å². The lowest BCUT2D eigenvalue weighted by Gasteiger charge is -2.54. The third-order valence-corrected chi connectivity index (χ3v) is 12.2. The molecule has 4 unspecified atom stereocenters. The molecule has 5 fully saturated rings. The van der Waals surface area contributed by atoms with Crippen LogP contribution < -0.4 is 4.74 Å². The van der Waals surface area contributed by atoms with Crippen molar-refractivity contribution in [1.82, 2.24) is 0 Å². The summed E-state index contributed by atoms with van der Waals surface area (Å²) in [6.07, 6.45) is -4.90. The van der Waals surface area contributed by atoms with Crippen LogP contribution in [0.2, 0.25) is 0 Å². The zero-order valence-corrected chi connectivity index (χ0v) is 29.6. The number of ketones is 1. The SMILES string of the molecule is COC[C@]1(C=O)C2[C@@H](OC)[C@H]3[C@H](C4C[C@]5(OC(C)=O)[C@@H](OC)C[C@@]3(OC(C)=O)C4[C@H]5OC(=O)c3ccc(OC)cc3)C2(O)C(=O)C[C@H]1OC(C)=O. The Morgan fingerprint density at radius 2 is 1.47 bits per heavy atom. The van der Waals surface area contributed by atoms with E-state index in [0.29, 0.717) is 12.0 Å². The lowest BCUT2D eigenvalue weighted by molar-refractivity contribution is -0.254. The van der Waals surface area contributed by atoms with Gasteiger partial charge in [0.25, 0.3) is 0 Å². The predicted octanol–water partition coefficient (Wildman–Crippen LogP) is 1.24. The molecule has 0 heterocycles. The van der Waals surface area contributed by atoms with Gasteiger partial charge in [-0.25, -0.2) is 4.79 Å². The minimum atomic E-state index is -2.32. The van der Waals surface area contributed by atoms with Gasteiger partial charge < -0.3 is 47.8 Å². The second kappa shape index (κ2) is 12.9. The molecule has 1 aromatic carbocycles. The second-order valence-corrected chi connectivity index (χ2v) is 14.4. The molecule has 0 spiro atoms. The van der Waals surface area contributed by atoms with E-state index in [1.165, 1.54) is 54.4 Å². The Labute approximate surface area is 294 Å². The number of carbonyl (C=O) groups excluding carboxylic acids is 6. The van der Waals surface area contributed by atoms with E-state index in [-0.39, 0.29) is 25.0 Å². The van der Waals surface area contributed by atoms with Crippen LogP contribution >= 0.6 is 0 Å². The lowest BCUT2D eigenvalue weighted by atomic mass is 9.56. The van der Waals surface area contributed by atoms with Crippen molar-refractivity contribution >= 4 is 35.9 Å². The molecule has 51 heavy (non-hydrogen) atoms. The van der Waals surface area contributed by atoms with E-state index in [0.717, 1.165) is 6.92 Å². The van der Waals surface area contributed by atoms with E-state index in [4.69, 9.17) is 37.9 Å². The molecule has 0 amide bonds. The van der Waals surface area contributed by atoms with Crippen LogP contribution in [0.15, 0.2) is 24.3 Å². The van der Waals surface area contributed by atoms with Crippen LogP contribution in [0.1, 0.15) is 50.4 Å². The number of carbonyl (C=O) groups is 6. The van der Waals surface area contributed by atoms with Gasteiger partial charge in [0.1, 0.15) is 35.4 Å². The van der Waals surface area contributed by atoms with Crippen LogP contribution in [-0.2, 0) is 57.1 Å². The molecule has 2 bridgehead atoms. The van der Waals surface area contributed by atoms with Crippen LogP contribution in [0.5, 0.6) is 5.75 Å². The zero-order valence-electron chi connectivity index (χ0n) is 29.6. The Bertz CT molecular complexity index is 1610. The lowest BCUT2D eigenvalue weighted by Crippen LogP contribution is -2.68. The number of ether oxygens (including phenoxy) is 8. The first-order chi connectivity index (χ1) is 24.1. The van der Waals surface area contributed by atoms with Crippen LogP contribution in [0.3, 0.4) is 0 Å². The number of aldehydes is 1. The molecule has 15 nitrogen and oxygen atoms in total. The van der Waals surface area contributed by atoms with E-state index in [1.54, 1.807) is 12.1 Å². The van der Waals surface area contributed by atoms with Gasteiger partial charge in [-0.05, 0) is 36.6 Å². The molecular formula is C36H44O15. The third kappa shape index (κ3) is 5.06. The first kappa shape index (κ1) is 36.9. The molecule has 5 aliphatic carbocycles. The maximum atomic E-state index is 14.4. The number of Topliss-reactive ketones (excluding diaryl/α,β-unsaturated/α-hetero) is 1. The number of fused-ring (bicyclic) bond motifs is 6. The fraction of sp³-hybridized carbons (Fsp3) is 0.667. The predicted molar refractivity (Wildman–Crippen MR) is 170 cm³/mol. The van der Waals surface area contributed by atoms with Crippen molar-refractivity contribution < 1.29 is 71.8 Å². The van der Waals surface area contributed by atoms with Gasteiger partial charge in [-0.3, -0.25) is 19.2 Å². The summed E-state index contributed by atoms with van der Waals surface area (Å²) in [5, 5.41) is 13.0. The number of benzene rings is 1. The Balaban J connectivity index is 1.57. The van der Waals surface area contributed by atoms with E-state index in [2.05, 4.69) is 0 Å². The normalized spacial score (nSPS) is 41.6. The summed E-state index contributed by atoms with van der Waals surface area (Å²) in [6.45, 7) is 3.22. The summed E-state index contributed by atoms with van der Waals surface area (Å²) in [6, 6.07) is 6.17. The molecule has 6 rings (SSSR count). The topological polar surface area (TPSA) is 196 Å². The maximum absolute atomic E-state index is 14.4. The van der Waals surface area contributed by atoms with Gasteiger partial charge in [-0.2, -0.15) is 0 Å². The average molecular weight is 717 g/mol. The second-order valence-electron chi connectivity index (χ2n) is 14.4. The zero-order chi connectivity index (χ0) is 37.3. The minimum absolute atomic E-state index is 0.0645. The number of esters is 4. The van der Waals surface area contributed by atoms with E-state index < -0.39 is 112 Å². The van der Waals surface area contributed by atoms with Crippen molar-refractivity contribution in [3.8, 4) is 5.75 Å². The fourth-order valence-corrected chi connectivity index (χ4v) is 11.0. The third-order valence-electron chi connectivity index (χ3n) is 12.2. The number of methoxy groups -OCH3 is 4. The van der Waals surface area contributed by atoms with Crippen LogP contribution in [0.4, 0.5) is 0 Å². The molecule has 5 saturated carbocycles. The van der Waals surface area contributed by atoms with Gasteiger partial charge in [0.2, 0.25) is 0 Å². The largest absolute Gasteiger partial charge is 0.497 e. The van der Waals surface area contributed by atoms with Crippen molar-refractivity contribution in [2.24, 2.45) is 35.0 Å². The van der Waals surface area contributed by atoms with Gasteiger partial charge in [0.05, 0.1) is 30.8 Å². The van der Waals surface area contributed by atoms with Crippen molar-refractivity contribution in [1.29, 1.82) is 0 Å². The van der Waals surface area contributed by atoms with Crippen LogP contribution in [0.25, 0.3) is 0 Å². The molecule has 15 heteroatoms. The Morgan fingerprint density at radius 3 is 2.00 bits per heavy atom. The first-order valence-corrected chi connectivity index (χ1v) is 16.8. The maximum Gasteiger partial charge on any atom is 0.338 e. The molecule has 0 radical (unpaired) electrons. The van der Waals surface area contributed by atoms with Gasteiger partial charge >= 0.3 is 23.9 Å². The van der Waals surface area contributed by atoms with Gasteiger partial charge in [-0.1, -0.05) is 0 Å². The highest BCUT2D eigenvalue weighted by molar-refractivity contribution is 5.93. The quantitative estimate of drug-likeness (QED) is 0.195. The smallest absolute Gasteiger partial charge is 0.338 e. The summed E-state index contributed by atoms with van der Waals surface area (Å²) in [5.41, 5.74) is -7.20. The van der Waals surface area contributed by atoms with Crippen molar-refractivity contribution in [3.63, 3.8) is 0 Å². The summed E-state index contributed by atoms with van der Waals surface area (Å²) < 4.78 is 47.2. The molecule has 0 saturated heterocycles.